The summed E-state index contributed by atoms with van der Waals surface area (Å²) in [5.74, 6) is 1.08. The van der Waals surface area contributed by atoms with E-state index in [0.29, 0.717) is 30.3 Å². The van der Waals surface area contributed by atoms with E-state index in [4.69, 9.17) is 18.9 Å². The lowest BCUT2D eigenvalue weighted by Gasteiger charge is -2.31. The van der Waals surface area contributed by atoms with Crippen molar-refractivity contribution in [1.82, 2.24) is 9.30 Å². The molecule has 0 N–H and O–H groups in total. The van der Waals surface area contributed by atoms with Crippen molar-refractivity contribution in [3.05, 3.63) is 59.9 Å². The standard InChI is InChI=1S/C27H32N2O5/c1-17(2)34-27(30)25-14-22-11-21(20-12-23(31-5)15-24(13-20)32-6)16-29(22)26(18(25)3)19(4)28-7-9-33-10-8-28/h11-17H,4,7-10H2,1-3,5-6H3. The fraction of sp³-hybridized carbons (Fsp3) is 0.370. The molecule has 0 bridgehead atoms. The second kappa shape index (κ2) is 9.81. The van der Waals surface area contributed by atoms with Crippen LogP contribution in [0.4, 0.5) is 0 Å². The number of fused-ring (bicyclic) bond motifs is 1. The number of methoxy groups -OCH3 is 2. The SMILES string of the molecule is C=C(c1c(C)c(C(=O)OC(C)C)cc2cc(-c3cc(OC)cc(OC)c3)cn12)N1CCOCC1. The summed E-state index contributed by atoms with van der Waals surface area (Å²) >= 11 is 0. The van der Waals surface area contributed by atoms with Crippen LogP contribution in [0.15, 0.2) is 43.1 Å². The van der Waals surface area contributed by atoms with Gasteiger partial charge in [0.05, 0.1) is 50.5 Å². The number of nitrogens with zero attached hydrogens (tertiary/aromatic N) is 2. The van der Waals surface area contributed by atoms with Gasteiger partial charge in [0.15, 0.2) is 0 Å². The van der Waals surface area contributed by atoms with Crippen molar-refractivity contribution in [2.24, 2.45) is 0 Å². The molecule has 4 rings (SSSR count). The van der Waals surface area contributed by atoms with Crippen molar-refractivity contribution in [2.45, 2.75) is 26.9 Å². The number of hydrogen-bond acceptors (Lipinski definition) is 6. The number of pyridine rings is 1. The summed E-state index contributed by atoms with van der Waals surface area (Å²) in [6.45, 7) is 12.9. The van der Waals surface area contributed by atoms with Gasteiger partial charge in [0.2, 0.25) is 0 Å². The number of hydrogen-bond donors (Lipinski definition) is 0. The molecule has 34 heavy (non-hydrogen) atoms. The van der Waals surface area contributed by atoms with Crippen LogP contribution >= 0.6 is 0 Å². The number of morpholine rings is 1. The number of aromatic nitrogens is 1. The van der Waals surface area contributed by atoms with Crippen molar-refractivity contribution in [3.63, 3.8) is 0 Å². The van der Waals surface area contributed by atoms with E-state index in [1.165, 1.54) is 0 Å². The molecule has 0 spiro atoms. The van der Waals surface area contributed by atoms with E-state index in [1.807, 2.05) is 45.0 Å². The minimum absolute atomic E-state index is 0.208. The number of benzene rings is 1. The lowest BCUT2D eigenvalue weighted by atomic mass is 10.0. The Hall–Kier alpha value is -3.45. The second-order valence-corrected chi connectivity index (χ2v) is 8.66. The molecule has 0 aliphatic carbocycles. The van der Waals surface area contributed by atoms with E-state index in [1.54, 1.807) is 14.2 Å². The summed E-state index contributed by atoms with van der Waals surface area (Å²) < 4.78 is 24.1. The Balaban J connectivity index is 1.90. The van der Waals surface area contributed by atoms with Crippen molar-refractivity contribution >= 4 is 17.2 Å². The van der Waals surface area contributed by atoms with Gasteiger partial charge in [0.25, 0.3) is 0 Å². The largest absolute Gasteiger partial charge is 0.497 e. The highest BCUT2D eigenvalue weighted by molar-refractivity contribution is 5.94. The maximum absolute atomic E-state index is 13.0. The molecule has 3 heterocycles. The Bertz CT molecular complexity index is 1200. The van der Waals surface area contributed by atoms with Crippen molar-refractivity contribution in [1.29, 1.82) is 0 Å². The van der Waals surface area contributed by atoms with Gasteiger partial charge in [-0.2, -0.15) is 0 Å². The van der Waals surface area contributed by atoms with Gasteiger partial charge in [0, 0.05) is 36.4 Å². The normalized spacial score (nSPS) is 13.9. The van der Waals surface area contributed by atoms with Crippen molar-refractivity contribution in [2.75, 3.05) is 40.5 Å². The zero-order valence-electron chi connectivity index (χ0n) is 20.5. The first-order valence-corrected chi connectivity index (χ1v) is 11.4. The molecule has 1 aliphatic heterocycles. The van der Waals surface area contributed by atoms with E-state index >= 15 is 0 Å². The van der Waals surface area contributed by atoms with Crippen molar-refractivity contribution in [3.8, 4) is 22.6 Å². The van der Waals surface area contributed by atoms with Crippen LogP contribution in [0.1, 0.15) is 35.5 Å². The molecule has 3 aromatic rings. The average molecular weight is 465 g/mol. The predicted octanol–water partition coefficient (Wildman–Crippen LogP) is 4.80. The third-order valence-corrected chi connectivity index (χ3v) is 6.06. The van der Waals surface area contributed by atoms with Crippen LogP contribution in [-0.2, 0) is 9.47 Å². The van der Waals surface area contributed by atoms with E-state index in [0.717, 1.165) is 46.7 Å². The summed E-state index contributed by atoms with van der Waals surface area (Å²) in [5, 5.41) is 0. The summed E-state index contributed by atoms with van der Waals surface area (Å²) in [6, 6.07) is 9.71. The van der Waals surface area contributed by atoms with Gasteiger partial charge in [0.1, 0.15) is 11.5 Å². The molecule has 7 nitrogen and oxygen atoms in total. The molecule has 2 aromatic heterocycles. The number of carbonyl (C=O) groups is 1. The fourth-order valence-electron chi connectivity index (χ4n) is 4.31. The lowest BCUT2D eigenvalue weighted by molar-refractivity contribution is 0.0377. The Morgan fingerprint density at radius 3 is 2.24 bits per heavy atom. The lowest BCUT2D eigenvalue weighted by Crippen LogP contribution is -2.35. The molecular weight excluding hydrogens is 432 g/mol. The van der Waals surface area contributed by atoms with Gasteiger partial charge in [-0.15, -0.1) is 0 Å². The Labute approximate surface area is 200 Å². The molecule has 1 aromatic carbocycles. The van der Waals surface area contributed by atoms with E-state index in [-0.39, 0.29) is 12.1 Å². The topological polar surface area (TPSA) is 61.6 Å². The molecule has 1 fully saturated rings. The van der Waals surface area contributed by atoms with Crippen molar-refractivity contribution < 1.29 is 23.7 Å². The third kappa shape index (κ3) is 4.61. The molecular formula is C27H32N2O5. The summed E-state index contributed by atoms with van der Waals surface area (Å²) in [5.41, 5.74) is 5.92. The maximum atomic E-state index is 13.0. The van der Waals surface area contributed by atoms with Crippen LogP contribution in [0.2, 0.25) is 0 Å². The van der Waals surface area contributed by atoms with E-state index in [9.17, 15) is 4.79 Å². The smallest absolute Gasteiger partial charge is 0.338 e. The molecule has 0 radical (unpaired) electrons. The summed E-state index contributed by atoms with van der Waals surface area (Å²) in [7, 11) is 3.27. The first kappa shape index (κ1) is 23.7. The predicted molar refractivity (Wildman–Crippen MR) is 133 cm³/mol. The van der Waals surface area contributed by atoms with Gasteiger partial charge in [-0.3, -0.25) is 0 Å². The number of carbonyl (C=O) groups excluding carboxylic acids is 1. The summed E-state index contributed by atoms with van der Waals surface area (Å²) in [4.78, 5) is 15.2. The average Bonchev–Trinajstić information content (AvgIpc) is 3.26. The van der Waals surface area contributed by atoms with Crippen LogP contribution in [0, 0.1) is 6.92 Å². The highest BCUT2D eigenvalue weighted by Gasteiger charge is 2.23. The highest BCUT2D eigenvalue weighted by Crippen LogP contribution is 2.34. The minimum atomic E-state index is -0.336. The third-order valence-electron chi connectivity index (χ3n) is 6.06. The molecule has 0 atom stereocenters. The zero-order chi connectivity index (χ0) is 24.4. The Morgan fingerprint density at radius 1 is 1.00 bits per heavy atom. The number of rotatable bonds is 7. The van der Waals surface area contributed by atoms with Crippen LogP contribution in [0.5, 0.6) is 11.5 Å². The van der Waals surface area contributed by atoms with Gasteiger partial charge in [-0.1, -0.05) is 6.58 Å². The second-order valence-electron chi connectivity index (χ2n) is 8.66. The van der Waals surface area contributed by atoms with E-state index < -0.39 is 0 Å². The van der Waals surface area contributed by atoms with Gasteiger partial charge in [-0.25, -0.2) is 4.79 Å². The molecule has 1 saturated heterocycles. The Kier molecular flexibility index (Phi) is 6.84. The minimum Gasteiger partial charge on any atom is -0.497 e. The first-order valence-electron chi connectivity index (χ1n) is 11.4. The van der Waals surface area contributed by atoms with Crippen LogP contribution < -0.4 is 9.47 Å². The van der Waals surface area contributed by atoms with Gasteiger partial charge < -0.3 is 28.2 Å². The first-order chi connectivity index (χ1) is 16.3. The molecule has 7 heteroatoms. The van der Waals surface area contributed by atoms with Crippen LogP contribution in [0.3, 0.4) is 0 Å². The summed E-state index contributed by atoms with van der Waals surface area (Å²) in [6.07, 6.45) is 1.86. The molecule has 0 unspecified atom stereocenters. The zero-order valence-corrected chi connectivity index (χ0v) is 20.5. The van der Waals surface area contributed by atoms with Gasteiger partial charge >= 0.3 is 5.97 Å². The number of ether oxygens (including phenoxy) is 4. The fourth-order valence-corrected chi connectivity index (χ4v) is 4.31. The Morgan fingerprint density at radius 2 is 1.65 bits per heavy atom. The molecule has 180 valence electrons. The molecule has 1 aliphatic rings. The van der Waals surface area contributed by atoms with Crippen LogP contribution in [-0.4, -0.2) is 61.9 Å². The number of esters is 1. The quantitative estimate of drug-likeness (QED) is 0.468. The maximum Gasteiger partial charge on any atom is 0.338 e. The molecule has 0 amide bonds. The highest BCUT2D eigenvalue weighted by atomic mass is 16.5. The van der Waals surface area contributed by atoms with Crippen LogP contribution in [0.25, 0.3) is 22.3 Å². The van der Waals surface area contributed by atoms with Gasteiger partial charge in [-0.05, 0) is 56.2 Å². The molecule has 0 saturated carbocycles. The van der Waals surface area contributed by atoms with E-state index in [2.05, 4.69) is 28.1 Å². The monoisotopic (exact) mass is 464 g/mol.